The zero-order valence-electron chi connectivity index (χ0n) is 23.8. The third-order valence-corrected chi connectivity index (χ3v) is 8.41. The lowest BCUT2D eigenvalue weighted by molar-refractivity contribution is -0.147. The molecule has 2 aromatic rings. The number of methoxy groups -OCH3 is 1. The van der Waals surface area contributed by atoms with Gasteiger partial charge in [0.15, 0.2) is 11.5 Å². The summed E-state index contributed by atoms with van der Waals surface area (Å²) in [5.74, 6) is -0.166. The molecule has 1 amide bonds. The maximum atomic E-state index is 13.8. The number of nitrogens with zero attached hydrogens (tertiary/aromatic N) is 2. The molecule has 2 aliphatic rings. The van der Waals surface area contributed by atoms with Crippen molar-refractivity contribution in [1.29, 1.82) is 0 Å². The van der Waals surface area contributed by atoms with Crippen LogP contribution in [0.1, 0.15) is 63.0 Å². The van der Waals surface area contributed by atoms with Gasteiger partial charge in [0.1, 0.15) is 5.75 Å². The Bertz CT molecular complexity index is 1150. The Morgan fingerprint density at radius 1 is 1.05 bits per heavy atom. The van der Waals surface area contributed by atoms with Crippen LogP contribution in [0.15, 0.2) is 42.5 Å². The number of aliphatic hydroxyl groups is 1. The Balaban J connectivity index is 1.75. The van der Waals surface area contributed by atoms with Crippen LogP contribution in [0.3, 0.4) is 0 Å². The number of benzene rings is 2. The monoisotopic (exact) mass is 554 g/mol. The number of unbranched alkanes of at least 4 members (excludes halogenated alkanes) is 2. The number of aliphatic carboxylic acids is 1. The molecule has 2 N–H and O–H groups in total. The average molecular weight is 555 g/mol. The molecule has 0 aliphatic carbocycles. The van der Waals surface area contributed by atoms with E-state index in [1.54, 1.807) is 7.11 Å². The van der Waals surface area contributed by atoms with Crippen molar-refractivity contribution in [1.82, 2.24) is 9.80 Å². The van der Waals surface area contributed by atoms with E-state index in [9.17, 15) is 19.8 Å². The van der Waals surface area contributed by atoms with Crippen molar-refractivity contribution in [3.63, 3.8) is 0 Å². The number of carbonyl (C=O) groups is 2. The van der Waals surface area contributed by atoms with E-state index in [0.717, 1.165) is 30.4 Å². The minimum atomic E-state index is -0.920. The smallest absolute Gasteiger partial charge is 0.309 e. The maximum Gasteiger partial charge on any atom is 0.309 e. The van der Waals surface area contributed by atoms with Gasteiger partial charge in [-0.05, 0) is 61.1 Å². The number of fused-ring (bicyclic) bond motifs is 1. The van der Waals surface area contributed by atoms with E-state index in [0.29, 0.717) is 49.7 Å². The van der Waals surface area contributed by atoms with Crippen molar-refractivity contribution in [3.05, 3.63) is 53.6 Å². The van der Waals surface area contributed by atoms with Crippen LogP contribution in [0.5, 0.6) is 17.2 Å². The van der Waals surface area contributed by atoms with E-state index < -0.39 is 17.4 Å². The van der Waals surface area contributed by atoms with Crippen LogP contribution in [-0.4, -0.2) is 78.6 Å². The predicted molar refractivity (Wildman–Crippen MR) is 151 cm³/mol. The molecule has 0 saturated carbocycles. The quantitative estimate of drug-likeness (QED) is 0.334. The molecule has 0 unspecified atom stereocenters. The van der Waals surface area contributed by atoms with Gasteiger partial charge in [-0.15, -0.1) is 0 Å². The molecular formula is C31H42N2O7. The summed E-state index contributed by atoms with van der Waals surface area (Å²) in [6.45, 7) is 6.05. The number of likely N-dealkylation sites (tertiary alicyclic amines) is 1. The van der Waals surface area contributed by atoms with Gasteiger partial charge < -0.3 is 29.3 Å². The average Bonchev–Trinajstić information content (AvgIpc) is 3.57. The highest BCUT2D eigenvalue weighted by molar-refractivity contribution is 5.80. The highest BCUT2D eigenvalue weighted by Crippen LogP contribution is 2.53. The Labute approximate surface area is 236 Å². The second-order valence-corrected chi connectivity index (χ2v) is 10.6. The molecule has 2 heterocycles. The molecule has 218 valence electrons. The van der Waals surface area contributed by atoms with Gasteiger partial charge in [-0.2, -0.15) is 0 Å². The second-order valence-electron chi connectivity index (χ2n) is 10.6. The van der Waals surface area contributed by atoms with Gasteiger partial charge in [0.25, 0.3) is 0 Å². The summed E-state index contributed by atoms with van der Waals surface area (Å²) in [5.41, 5.74) is 0.777. The number of ether oxygens (including phenoxy) is 3. The highest BCUT2D eigenvalue weighted by atomic mass is 16.7. The topological polar surface area (TPSA) is 109 Å². The van der Waals surface area contributed by atoms with E-state index in [-0.39, 0.29) is 31.8 Å². The third-order valence-electron chi connectivity index (χ3n) is 8.41. The SMILES string of the molecule is CCCCN(CCCCO)C(=O)CN1C[C@H](c2ccc3c(c2)OCO3)[C@@H](C(=O)O)[C@@]1(CC)c1ccc(OC)cc1. The summed E-state index contributed by atoms with van der Waals surface area (Å²) in [5, 5.41) is 20.0. The van der Waals surface area contributed by atoms with Crippen LogP contribution in [0, 0.1) is 5.92 Å². The minimum Gasteiger partial charge on any atom is -0.497 e. The summed E-state index contributed by atoms with van der Waals surface area (Å²) < 4.78 is 16.5. The van der Waals surface area contributed by atoms with Gasteiger partial charge in [0, 0.05) is 32.2 Å². The maximum absolute atomic E-state index is 13.8. The summed E-state index contributed by atoms with van der Waals surface area (Å²) in [6.07, 6.45) is 3.72. The Morgan fingerprint density at radius 2 is 1.77 bits per heavy atom. The summed E-state index contributed by atoms with van der Waals surface area (Å²) in [4.78, 5) is 30.9. The first kappa shape index (κ1) is 29.7. The molecule has 1 fully saturated rings. The molecule has 9 nitrogen and oxygen atoms in total. The first-order valence-electron chi connectivity index (χ1n) is 14.3. The van der Waals surface area contributed by atoms with Crippen molar-refractivity contribution < 1.29 is 34.0 Å². The van der Waals surface area contributed by atoms with Gasteiger partial charge in [-0.1, -0.05) is 38.5 Å². The fourth-order valence-electron chi connectivity index (χ4n) is 6.34. The molecule has 2 aliphatic heterocycles. The lowest BCUT2D eigenvalue weighted by Crippen LogP contribution is -2.51. The Morgan fingerprint density at radius 3 is 2.42 bits per heavy atom. The predicted octanol–water partition coefficient (Wildman–Crippen LogP) is 4.23. The van der Waals surface area contributed by atoms with Crippen molar-refractivity contribution in [2.24, 2.45) is 5.92 Å². The summed E-state index contributed by atoms with van der Waals surface area (Å²) >= 11 is 0. The van der Waals surface area contributed by atoms with Crippen molar-refractivity contribution in [3.8, 4) is 17.2 Å². The van der Waals surface area contributed by atoms with E-state index in [4.69, 9.17) is 14.2 Å². The number of carboxylic acid groups (broad SMARTS) is 1. The van der Waals surface area contributed by atoms with Crippen LogP contribution < -0.4 is 14.2 Å². The Kier molecular flexibility index (Phi) is 9.92. The molecule has 2 aromatic carbocycles. The lowest BCUT2D eigenvalue weighted by atomic mass is 9.71. The van der Waals surface area contributed by atoms with Crippen LogP contribution in [0.25, 0.3) is 0 Å². The number of aliphatic hydroxyl groups excluding tert-OH is 1. The number of rotatable bonds is 14. The van der Waals surface area contributed by atoms with Gasteiger partial charge in [-0.25, -0.2) is 0 Å². The molecule has 1 saturated heterocycles. The van der Waals surface area contributed by atoms with Gasteiger partial charge in [-0.3, -0.25) is 14.5 Å². The molecule has 4 rings (SSSR count). The molecular weight excluding hydrogens is 512 g/mol. The van der Waals surface area contributed by atoms with Crippen molar-refractivity contribution >= 4 is 11.9 Å². The molecule has 3 atom stereocenters. The molecule has 0 aromatic heterocycles. The first-order chi connectivity index (χ1) is 19.4. The van der Waals surface area contributed by atoms with Crippen LogP contribution in [-0.2, 0) is 15.1 Å². The van der Waals surface area contributed by atoms with E-state index in [2.05, 4.69) is 11.8 Å². The van der Waals surface area contributed by atoms with Crippen molar-refractivity contribution in [2.75, 3.05) is 46.7 Å². The zero-order chi connectivity index (χ0) is 28.7. The molecule has 0 radical (unpaired) electrons. The fourth-order valence-corrected chi connectivity index (χ4v) is 6.34. The van der Waals surface area contributed by atoms with E-state index in [1.165, 1.54) is 0 Å². The van der Waals surface area contributed by atoms with Gasteiger partial charge in [0.05, 0.1) is 25.1 Å². The molecule has 0 bridgehead atoms. The normalized spacial score (nSPS) is 21.9. The molecule has 9 heteroatoms. The summed E-state index contributed by atoms with van der Waals surface area (Å²) in [7, 11) is 1.60. The van der Waals surface area contributed by atoms with Crippen molar-refractivity contribution in [2.45, 2.75) is 57.4 Å². The standard InChI is InChI=1S/C31H42N2O7/c1-4-6-15-32(16-7-8-17-34)28(35)20-33-19-25(22-9-14-26-27(18-22)40-21-39-26)29(30(36)37)31(33,5-2)23-10-12-24(38-3)13-11-23/h9-14,18,25,29,34H,4-8,15-17,19-21H2,1-3H3,(H,36,37)/t25-,29+,31-/m1/s1. The highest BCUT2D eigenvalue weighted by Gasteiger charge is 2.58. The van der Waals surface area contributed by atoms with Gasteiger partial charge >= 0.3 is 5.97 Å². The van der Waals surface area contributed by atoms with Crippen LogP contribution in [0.4, 0.5) is 0 Å². The molecule has 40 heavy (non-hydrogen) atoms. The summed E-state index contributed by atoms with van der Waals surface area (Å²) in [6, 6.07) is 13.2. The lowest BCUT2D eigenvalue weighted by Gasteiger charge is -2.42. The van der Waals surface area contributed by atoms with Crippen LogP contribution in [0.2, 0.25) is 0 Å². The number of carbonyl (C=O) groups excluding carboxylic acids is 1. The van der Waals surface area contributed by atoms with E-state index in [1.807, 2.05) is 54.3 Å². The number of carboxylic acids is 1. The largest absolute Gasteiger partial charge is 0.497 e. The number of hydrogen-bond acceptors (Lipinski definition) is 7. The zero-order valence-corrected chi connectivity index (χ0v) is 23.8. The molecule has 0 spiro atoms. The Hall–Kier alpha value is -3.30. The number of amides is 1. The van der Waals surface area contributed by atoms with Crippen LogP contribution >= 0.6 is 0 Å². The minimum absolute atomic E-state index is 0.0202. The first-order valence-corrected chi connectivity index (χ1v) is 14.3. The van der Waals surface area contributed by atoms with Gasteiger partial charge in [0.2, 0.25) is 12.7 Å². The number of hydrogen-bond donors (Lipinski definition) is 2. The van der Waals surface area contributed by atoms with E-state index >= 15 is 0 Å². The fraction of sp³-hybridized carbons (Fsp3) is 0.548. The third kappa shape index (κ3) is 5.90. The second kappa shape index (κ2) is 13.4.